The van der Waals surface area contributed by atoms with Gasteiger partial charge in [-0.3, -0.25) is 48.1 Å². The summed E-state index contributed by atoms with van der Waals surface area (Å²) < 4.78 is 23.8. The number of Topliss-reactive ketones (excluding diaryl/α,β-unsaturated/α-hetero) is 1. The summed E-state index contributed by atoms with van der Waals surface area (Å²) in [6.07, 6.45) is 4.40. The van der Waals surface area contributed by atoms with Gasteiger partial charge in [0, 0.05) is 80.3 Å². The molecule has 0 bridgehead atoms. The molecule has 4 aromatic rings. The zero-order valence-electron chi connectivity index (χ0n) is 40.2. The van der Waals surface area contributed by atoms with Crippen molar-refractivity contribution in [3.05, 3.63) is 82.4 Å². The Morgan fingerprint density at radius 3 is 2.19 bits per heavy atom. The number of aromatic nitrogens is 1. The summed E-state index contributed by atoms with van der Waals surface area (Å²) in [5.41, 5.74) is 2.67. The van der Waals surface area contributed by atoms with Crippen molar-refractivity contribution in [3.8, 4) is 23.1 Å². The third-order valence-corrected chi connectivity index (χ3v) is 12.6. The predicted molar refractivity (Wildman–Crippen MR) is 261 cm³/mol. The molecule has 382 valence electrons. The van der Waals surface area contributed by atoms with E-state index in [1.807, 2.05) is 0 Å². The van der Waals surface area contributed by atoms with Crippen LogP contribution in [0.2, 0.25) is 0 Å². The van der Waals surface area contributed by atoms with Gasteiger partial charge in [-0.25, -0.2) is 4.98 Å². The van der Waals surface area contributed by atoms with E-state index in [2.05, 4.69) is 26.3 Å². The average Bonchev–Trinajstić information content (AvgIpc) is 4.08. The predicted octanol–water partition coefficient (Wildman–Crippen LogP) is 4.19. The summed E-state index contributed by atoms with van der Waals surface area (Å²) in [6, 6.07) is 12.9. The van der Waals surface area contributed by atoms with E-state index >= 15 is 0 Å². The van der Waals surface area contributed by atoms with E-state index in [4.69, 9.17) is 24.1 Å². The fourth-order valence-electron chi connectivity index (χ4n) is 7.54. The Hall–Kier alpha value is -7.88. The minimum atomic E-state index is -1.03. The van der Waals surface area contributed by atoms with Crippen LogP contribution in [0.1, 0.15) is 91.2 Å². The maximum Gasteiger partial charge on any atom is 0.303 e. The van der Waals surface area contributed by atoms with Crippen LogP contribution in [0.3, 0.4) is 0 Å². The molecule has 7 amide bonds. The van der Waals surface area contributed by atoms with Crippen LogP contribution in [0.25, 0.3) is 10.1 Å². The molecule has 1 atom stereocenters. The second kappa shape index (κ2) is 25.8. The number of ether oxygens (including phenoxy) is 4. The number of unbranched alkanes of at least 4 members (excludes halogenated alkanes) is 2. The second-order valence-electron chi connectivity index (χ2n) is 16.9. The van der Waals surface area contributed by atoms with E-state index < -0.39 is 23.8 Å². The van der Waals surface area contributed by atoms with Gasteiger partial charge in [-0.05, 0) is 66.6 Å². The number of benzene rings is 2. The highest BCUT2D eigenvalue weighted by molar-refractivity contribution is 7.20. The number of carbonyl (C=O) groups excluding carboxylic acids is 8. The quantitative estimate of drug-likeness (QED) is 0.0303. The lowest BCUT2D eigenvalue weighted by Crippen LogP contribution is -2.45. The number of amides is 7. The summed E-state index contributed by atoms with van der Waals surface area (Å²) in [4.78, 5) is 118. The molecule has 0 radical (unpaired) electrons. The second-order valence-corrected chi connectivity index (χ2v) is 18.0. The largest absolute Gasteiger partial charge is 0.493 e. The highest BCUT2D eigenvalue weighted by Gasteiger charge is 2.28. The molecular weight excluding hydrogens is 955 g/mol. The molecule has 0 aliphatic carbocycles. The maximum atomic E-state index is 13.2. The van der Waals surface area contributed by atoms with E-state index in [-0.39, 0.29) is 113 Å². The number of ketones is 1. The van der Waals surface area contributed by atoms with Gasteiger partial charge in [0.15, 0.2) is 23.0 Å². The Morgan fingerprint density at radius 2 is 1.47 bits per heavy atom. The molecule has 21 nitrogen and oxygen atoms in total. The Labute approximate surface area is 418 Å². The molecule has 6 rings (SSSR count). The van der Waals surface area contributed by atoms with Crippen LogP contribution >= 0.6 is 11.3 Å². The van der Waals surface area contributed by atoms with Crippen LogP contribution in [-0.2, 0) is 58.0 Å². The molecule has 2 aromatic heterocycles. The van der Waals surface area contributed by atoms with Crippen LogP contribution < -0.4 is 40.2 Å². The normalized spacial score (nSPS) is 13.1. The van der Waals surface area contributed by atoms with Crippen molar-refractivity contribution < 1.29 is 67.2 Å². The number of hydrogen-bond donors (Lipinski definition) is 5. The molecule has 4 heterocycles. The van der Waals surface area contributed by atoms with Crippen molar-refractivity contribution in [1.82, 2.24) is 30.7 Å². The number of carbonyl (C=O) groups is 9. The number of nitrogens with zero attached hydrogens (tertiary/aromatic N) is 3. The van der Waals surface area contributed by atoms with E-state index in [1.54, 1.807) is 53.4 Å². The number of hydrogen-bond acceptors (Lipinski definition) is 15. The summed E-state index contributed by atoms with van der Waals surface area (Å²) in [7, 11) is 3.02. The summed E-state index contributed by atoms with van der Waals surface area (Å²) in [5.74, 6) is -2.22. The van der Waals surface area contributed by atoms with Crippen molar-refractivity contribution in [3.63, 3.8) is 0 Å². The molecule has 0 fully saturated rings. The van der Waals surface area contributed by atoms with Crippen LogP contribution in [-0.4, -0.2) is 120 Å². The molecular formula is C50H57N7O14S. The van der Waals surface area contributed by atoms with Crippen molar-refractivity contribution in [2.75, 3.05) is 45.8 Å². The lowest BCUT2D eigenvalue weighted by Gasteiger charge is -2.15. The molecule has 0 saturated carbocycles. The van der Waals surface area contributed by atoms with Crippen LogP contribution in [0.4, 0.5) is 5.69 Å². The third-order valence-electron chi connectivity index (χ3n) is 11.5. The summed E-state index contributed by atoms with van der Waals surface area (Å²) >= 11 is 1.27. The molecule has 0 saturated heterocycles. The molecule has 0 spiro atoms. The van der Waals surface area contributed by atoms with Crippen molar-refractivity contribution >= 4 is 80.2 Å². The Bertz CT molecular complexity index is 2700. The number of aliphatic carboxylic acids is 1. The van der Waals surface area contributed by atoms with Gasteiger partial charge in [-0.2, -0.15) is 0 Å². The zero-order chi connectivity index (χ0) is 51.7. The van der Waals surface area contributed by atoms with Gasteiger partial charge in [0.2, 0.25) is 29.5 Å². The fourth-order valence-corrected chi connectivity index (χ4v) is 8.58. The van der Waals surface area contributed by atoms with Gasteiger partial charge < -0.3 is 50.2 Å². The van der Waals surface area contributed by atoms with Gasteiger partial charge >= 0.3 is 5.97 Å². The minimum absolute atomic E-state index is 0.0182. The SMILES string of the molecule is COc1cc2sc(C(=O)CCC(=O)O)cc2cc1OCCCOc1nc2c(cc1OC)CN(C(=O)CCC(=O)NCc1ccc(NC(=O)[C@H](C)NC(=O)CNC(=O)CCCCCN3C(=O)C=CC3=O)cc1)C2. The number of thiophene rings is 1. The van der Waals surface area contributed by atoms with Crippen molar-refractivity contribution in [2.45, 2.75) is 90.4 Å². The zero-order valence-corrected chi connectivity index (χ0v) is 41.0. The first-order valence-electron chi connectivity index (χ1n) is 23.3. The Balaban J connectivity index is 0.845. The van der Waals surface area contributed by atoms with Gasteiger partial charge in [0.1, 0.15) is 6.04 Å². The molecule has 0 unspecified atom stereocenters. The topological polar surface area (TPSA) is 278 Å². The number of imide groups is 1. The van der Waals surface area contributed by atoms with Gasteiger partial charge in [0.05, 0.1) is 57.5 Å². The first-order chi connectivity index (χ1) is 34.6. The standard InChI is InChI=1S/C50H57N7O14S/c1-30(53-44(61)27-52-42(59)8-5-4-6-19-57-46(63)16-17-47(57)64)49(67)54-34-11-9-31(10-12-34)26-51-43(60)14-15-45(62)56-28-33-23-39(69-3)50(55-35(33)29-56)71-21-7-20-70-38-22-32-24-41(36(58)13-18-48(65)66)72-40(32)25-37(38)68-2/h9-12,16-17,22-25,30H,4-8,13-15,18-21,26-29H2,1-3H3,(H,51,60)(H,52,59)(H,53,61)(H,54,67)(H,65,66)/t30-/m0/s1. The van der Waals surface area contributed by atoms with Crippen molar-refractivity contribution in [1.29, 1.82) is 0 Å². The third kappa shape index (κ3) is 15.3. The minimum Gasteiger partial charge on any atom is -0.493 e. The fraction of sp³-hybridized carbons (Fsp3) is 0.400. The molecule has 5 N–H and O–H groups in total. The first kappa shape index (κ1) is 53.5. The summed E-state index contributed by atoms with van der Waals surface area (Å²) in [5, 5.41) is 20.3. The monoisotopic (exact) mass is 1010 g/mol. The average molecular weight is 1010 g/mol. The highest BCUT2D eigenvalue weighted by Crippen LogP contribution is 2.37. The van der Waals surface area contributed by atoms with E-state index in [1.165, 1.54) is 44.6 Å². The van der Waals surface area contributed by atoms with Crippen LogP contribution in [0.5, 0.6) is 23.1 Å². The number of carboxylic acid groups (broad SMARTS) is 1. The molecule has 72 heavy (non-hydrogen) atoms. The lowest BCUT2D eigenvalue weighted by molar-refractivity contribution is -0.138. The highest BCUT2D eigenvalue weighted by atomic mass is 32.1. The maximum absolute atomic E-state index is 13.2. The lowest BCUT2D eigenvalue weighted by atomic mass is 10.1. The molecule has 2 aromatic carbocycles. The van der Waals surface area contributed by atoms with Crippen LogP contribution in [0, 0.1) is 0 Å². The Morgan fingerprint density at radius 1 is 0.750 bits per heavy atom. The van der Waals surface area contributed by atoms with E-state index in [0.717, 1.165) is 26.1 Å². The van der Waals surface area contributed by atoms with E-state index in [9.17, 15) is 43.2 Å². The molecule has 22 heteroatoms. The summed E-state index contributed by atoms with van der Waals surface area (Å²) in [6.45, 7) is 2.70. The Kier molecular flexibility index (Phi) is 19.2. The number of anilines is 1. The first-order valence-corrected chi connectivity index (χ1v) is 24.1. The van der Waals surface area contributed by atoms with Gasteiger partial charge in [-0.1, -0.05) is 18.6 Å². The smallest absolute Gasteiger partial charge is 0.303 e. The number of nitrogens with one attached hydrogen (secondary N) is 4. The number of carboxylic acids is 1. The number of fused-ring (bicyclic) bond motifs is 2. The number of methoxy groups -OCH3 is 2. The molecule has 2 aliphatic rings. The molecule has 2 aliphatic heterocycles. The van der Waals surface area contributed by atoms with Gasteiger partial charge in [0.25, 0.3) is 17.7 Å². The number of pyridine rings is 1. The van der Waals surface area contributed by atoms with Crippen molar-refractivity contribution in [2.24, 2.45) is 0 Å². The number of rotatable bonds is 28. The van der Waals surface area contributed by atoms with E-state index in [0.29, 0.717) is 65.7 Å². The van der Waals surface area contributed by atoms with Crippen LogP contribution in [0.15, 0.2) is 60.7 Å². The van der Waals surface area contributed by atoms with Gasteiger partial charge in [-0.15, -0.1) is 11.3 Å².